The highest BCUT2D eigenvalue weighted by atomic mass is 16.5. The third-order valence-corrected chi connectivity index (χ3v) is 6.36. The molecule has 0 spiro atoms. The Morgan fingerprint density at radius 3 is 2.77 bits per heavy atom. The zero-order valence-corrected chi connectivity index (χ0v) is 18.3. The van der Waals surface area contributed by atoms with Crippen LogP contribution in [-0.2, 0) is 11.2 Å². The number of H-pyrrole nitrogens is 1. The number of carbonyl (C=O) groups is 1. The van der Waals surface area contributed by atoms with Crippen LogP contribution < -0.4 is 5.32 Å². The van der Waals surface area contributed by atoms with Gasteiger partial charge < -0.3 is 15.0 Å². The largest absolute Gasteiger partial charge is 0.454 e. The van der Waals surface area contributed by atoms with E-state index in [4.69, 9.17) is 4.74 Å². The van der Waals surface area contributed by atoms with Crippen molar-refractivity contribution < 1.29 is 9.53 Å². The first-order valence-corrected chi connectivity index (χ1v) is 11.1. The van der Waals surface area contributed by atoms with E-state index in [1.807, 2.05) is 45.0 Å². The van der Waals surface area contributed by atoms with Crippen LogP contribution in [0.15, 0.2) is 42.5 Å². The Labute approximate surface area is 179 Å². The molecule has 1 saturated heterocycles. The van der Waals surface area contributed by atoms with E-state index in [0.717, 1.165) is 47.1 Å². The summed E-state index contributed by atoms with van der Waals surface area (Å²) in [6.45, 7) is 7.06. The smallest absolute Gasteiger partial charge is 0.341 e. The topological polar surface area (TPSA) is 54.1 Å². The van der Waals surface area contributed by atoms with Gasteiger partial charge in [0.05, 0.1) is 5.56 Å². The molecule has 2 N–H and O–H groups in total. The molecule has 2 heterocycles. The molecule has 1 aromatic heterocycles. The zero-order chi connectivity index (χ0) is 21.1. The van der Waals surface area contributed by atoms with Gasteiger partial charge in [-0.1, -0.05) is 36.8 Å². The molecule has 4 nitrogen and oxygen atoms in total. The average Bonchev–Trinajstić information content (AvgIpc) is 3.08. The molecular formula is C26H32N2O2. The molecule has 1 aliphatic heterocycles. The van der Waals surface area contributed by atoms with Gasteiger partial charge in [0.25, 0.3) is 0 Å². The highest BCUT2D eigenvalue weighted by molar-refractivity contribution is 6.05. The van der Waals surface area contributed by atoms with Crippen LogP contribution in [0.4, 0.5) is 0 Å². The molecule has 0 bridgehead atoms. The van der Waals surface area contributed by atoms with Crippen LogP contribution in [0.5, 0.6) is 0 Å². The van der Waals surface area contributed by atoms with E-state index in [1.165, 1.54) is 24.8 Å². The minimum absolute atomic E-state index is 0.263. The van der Waals surface area contributed by atoms with Crippen LogP contribution in [0, 0.1) is 13.8 Å². The Morgan fingerprint density at radius 1 is 1.17 bits per heavy atom. The van der Waals surface area contributed by atoms with Gasteiger partial charge in [0.2, 0.25) is 0 Å². The summed E-state index contributed by atoms with van der Waals surface area (Å²) in [5.74, 6) is -0.263. The molecule has 0 amide bonds. The summed E-state index contributed by atoms with van der Waals surface area (Å²) in [6.07, 6.45) is 5.74. The maximum Gasteiger partial charge on any atom is 0.341 e. The monoisotopic (exact) mass is 404 g/mol. The highest BCUT2D eigenvalue weighted by Gasteiger charge is 2.21. The lowest BCUT2D eigenvalue weighted by molar-refractivity contribution is 0.0338. The molecule has 3 aromatic rings. The maximum atomic E-state index is 13.1. The van der Waals surface area contributed by atoms with E-state index in [-0.39, 0.29) is 12.1 Å². The lowest BCUT2D eigenvalue weighted by Gasteiger charge is -2.23. The fraction of sp³-hybridized carbons (Fsp3) is 0.423. The normalized spacial score (nSPS) is 17.8. The van der Waals surface area contributed by atoms with Crippen molar-refractivity contribution in [3.05, 3.63) is 70.4 Å². The average molecular weight is 405 g/mol. The minimum atomic E-state index is -0.288. The molecule has 1 fully saturated rings. The van der Waals surface area contributed by atoms with Crippen LogP contribution in [0.25, 0.3) is 10.9 Å². The van der Waals surface area contributed by atoms with Crippen molar-refractivity contribution in [3.63, 3.8) is 0 Å². The number of rotatable bonds is 6. The van der Waals surface area contributed by atoms with Crippen LogP contribution in [0.1, 0.15) is 71.5 Å². The minimum Gasteiger partial charge on any atom is -0.454 e. The number of hydrogen-bond acceptors (Lipinski definition) is 3. The lowest BCUT2D eigenvalue weighted by Crippen LogP contribution is -2.34. The van der Waals surface area contributed by atoms with Gasteiger partial charge in [-0.25, -0.2) is 4.79 Å². The van der Waals surface area contributed by atoms with Crippen LogP contribution in [0.2, 0.25) is 0 Å². The number of nitrogens with one attached hydrogen (secondary N) is 2. The van der Waals surface area contributed by atoms with Gasteiger partial charge in [0.15, 0.2) is 0 Å². The van der Waals surface area contributed by atoms with Crippen LogP contribution >= 0.6 is 0 Å². The molecule has 4 heteroatoms. The molecule has 2 atom stereocenters. The SMILES string of the molecule is Cc1ccccc1C(C)OC(=O)c1c(C)[nH]c2ccc(CCC3CCCCN3)cc12. The van der Waals surface area contributed by atoms with Gasteiger partial charge in [-0.05, 0) is 81.8 Å². The number of esters is 1. The van der Waals surface area contributed by atoms with E-state index in [1.54, 1.807) is 0 Å². The Morgan fingerprint density at radius 2 is 2.00 bits per heavy atom. The fourth-order valence-electron chi connectivity index (χ4n) is 4.63. The van der Waals surface area contributed by atoms with E-state index < -0.39 is 0 Å². The summed E-state index contributed by atoms with van der Waals surface area (Å²) in [5, 5.41) is 4.58. The van der Waals surface area contributed by atoms with Crippen molar-refractivity contribution in [3.8, 4) is 0 Å². The van der Waals surface area contributed by atoms with Gasteiger partial charge in [-0.3, -0.25) is 0 Å². The van der Waals surface area contributed by atoms with Crippen molar-refractivity contribution in [2.45, 2.75) is 65.0 Å². The number of aryl methyl sites for hydroxylation is 3. The zero-order valence-electron chi connectivity index (χ0n) is 18.3. The van der Waals surface area contributed by atoms with Crippen molar-refractivity contribution >= 4 is 16.9 Å². The summed E-state index contributed by atoms with van der Waals surface area (Å²) in [5.41, 5.74) is 5.95. The first kappa shape index (κ1) is 20.7. The first-order valence-electron chi connectivity index (χ1n) is 11.1. The van der Waals surface area contributed by atoms with Gasteiger partial charge in [0, 0.05) is 22.6 Å². The van der Waals surface area contributed by atoms with Crippen molar-refractivity contribution in [2.75, 3.05) is 6.54 Å². The second kappa shape index (κ2) is 9.05. The Bertz CT molecular complexity index is 1030. The molecule has 1 aliphatic rings. The summed E-state index contributed by atoms with van der Waals surface area (Å²) in [4.78, 5) is 16.5. The number of aromatic amines is 1. The van der Waals surface area contributed by atoms with E-state index in [0.29, 0.717) is 11.6 Å². The number of hydrogen-bond donors (Lipinski definition) is 2. The van der Waals surface area contributed by atoms with Crippen molar-refractivity contribution in [2.24, 2.45) is 0 Å². The summed E-state index contributed by atoms with van der Waals surface area (Å²) in [7, 11) is 0. The summed E-state index contributed by atoms with van der Waals surface area (Å²) < 4.78 is 5.88. The number of carbonyl (C=O) groups excluding carboxylic acids is 1. The Kier molecular flexibility index (Phi) is 6.24. The molecule has 4 rings (SSSR count). The quantitative estimate of drug-likeness (QED) is 0.512. The Balaban J connectivity index is 1.53. The molecule has 30 heavy (non-hydrogen) atoms. The number of fused-ring (bicyclic) bond motifs is 1. The molecule has 0 radical (unpaired) electrons. The van der Waals surface area contributed by atoms with E-state index in [9.17, 15) is 4.79 Å². The predicted molar refractivity (Wildman–Crippen MR) is 122 cm³/mol. The van der Waals surface area contributed by atoms with Crippen molar-refractivity contribution in [1.82, 2.24) is 10.3 Å². The molecule has 2 unspecified atom stereocenters. The van der Waals surface area contributed by atoms with Crippen LogP contribution in [-0.4, -0.2) is 23.5 Å². The fourth-order valence-corrected chi connectivity index (χ4v) is 4.63. The van der Waals surface area contributed by atoms with Crippen LogP contribution in [0.3, 0.4) is 0 Å². The highest BCUT2D eigenvalue weighted by Crippen LogP contribution is 2.28. The molecular weight excluding hydrogens is 372 g/mol. The molecule has 2 aromatic carbocycles. The number of piperidine rings is 1. The summed E-state index contributed by atoms with van der Waals surface area (Å²) in [6, 6.07) is 15.1. The second-order valence-corrected chi connectivity index (χ2v) is 8.59. The van der Waals surface area contributed by atoms with E-state index >= 15 is 0 Å². The lowest BCUT2D eigenvalue weighted by atomic mass is 9.97. The van der Waals surface area contributed by atoms with Gasteiger partial charge >= 0.3 is 5.97 Å². The Hall–Kier alpha value is -2.59. The molecule has 0 aliphatic carbocycles. The molecule has 0 saturated carbocycles. The predicted octanol–water partition coefficient (Wildman–Crippen LogP) is 5.78. The first-order chi connectivity index (χ1) is 14.5. The standard InChI is InChI=1S/C26H32N2O2/c1-17-8-4-5-10-22(17)19(3)30-26(29)25-18(2)28-24-14-12-20(16-23(24)25)11-13-21-9-6-7-15-27-21/h4-5,8,10,12,14,16,19,21,27-28H,6-7,9,11,13,15H2,1-3H3. The third kappa shape index (κ3) is 4.44. The van der Waals surface area contributed by atoms with Crippen molar-refractivity contribution in [1.29, 1.82) is 0 Å². The second-order valence-electron chi connectivity index (χ2n) is 8.59. The van der Waals surface area contributed by atoms with E-state index in [2.05, 4.69) is 28.5 Å². The summed E-state index contributed by atoms with van der Waals surface area (Å²) >= 11 is 0. The number of aromatic nitrogens is 1. The number of ether oxygens (including phenoxy) is 1. The van der Waals surface area contributed by atoms with Gasteiger partial charge in [-0.2, -0.15) is 0 Å². The molecule has 158 valence electrons. The third-order valence-electron chi connectivity index (χ3n) is 6.36. The number of benzene rings is 2. The maximum absolute atomic E-state index is 13.1. The van der Waals surface area contributed by atoms with Gasteiger partial charge in [0.1, 0.15) is 6.10 Å². The van der Waals surface area contributed by atoms with Gasteiger partial charge in [-0.15, -0.1) is 0 Å².